The van der Waals surface area contributed by atoms with Crippen molar-refractivity contribution in [2.45, 2.75) is 46.2 Å². The van der Waals surface area contributed by atoms with E-state index in [0.717, 1.165) is 23.1 Å². The molecule has 1 aliphatic rings. The average molecular weight is 484 g/mol. The first-order valence-corrected chi connectivity index (χ1v) is 12.2. The lowest BCUT2D eigenvalue weighted by Gasteiger charge is -2.25. The van der Waals surface area contributed by atoms with Crippen LogP contribution in [0.3, 0.4) is 0 Å². The molecule has 8 heteroatoms. The highest BCUT2D eigenvalue weighted by Crippen LogP contribution is 2.40. The number of rotatable bonds is 7. The van der Waals surface area contributed by atoms with E-state index in [9.17, 15) is 14.7 Å². The molecule has 1 atom stereocenters. The molecule has 1 N–H and O–H groups in total. The first kappa shape index (κ1) is 23.5. The van der Waals surface area contributed by atoms with Crippen molar-refractivity contribution in [1.82, 2.24) is 23.8 Å². The minimum Gasteiger partial charge on any atom is -0.505 e. The van der Waals surface area contributed by atoms with Gasteiger partial charge in [0.25, 0.3) is 11.7 Å². The number of fused-ring (bicyclic) bond motifs is 1. The van der Waals surface area contributed by atoms with Crippen LogP contribution in [-0.2, 0) is 22.6 Å². The Bertz CT molecular complexity index is 1470. The highest BCUT2D eigenvalue weighted by atomic mass is 16.3. The first-order chi connectivity index (χ1) is 17.4. The van der Waals surface area contributed by atoms with Crippen LogP contribution < -0.4 is 0 Å². The molecule has 4 heterocycles. The van der Waals surface area contributed by atoms with Crippen molar-refractivity contribution >= 4 is 23.1 Å². The van der Waals surface area contributed by atoms with E-state index >= 15 is 0 Å². The summed E-state index contributed by atoms with van der Waals surface area (Å²) in [7, 11) is 0. The molecule has 4 aromatic rings. The number of amides is 1. The number of hydrogen-bond acceptors (Lipinski definition) is 5. The minimum atomic E-state index is -0.691. The number of benzene rings is 1. The maximum absolute atomic E-state index is 13.4. The normalized spacial score (nSPS) is 17.4. The summed E-state index contributed by atoms with van der Waals surface area (Å²) in [6, 6.07) is 11.0. The Labute approximate surface area is 209 Å². The third-order valence-corrected chi connectivity index (χ3v) is 6.93. The third-order valence-electron chi connectivity index (χ3n) is 6.93. The van der Waals surface area contributed by atoms with Crippen LogP contribution in [0.1, 0.15) is 47.5 Å². The van der Waals surface area contributed by atoms with Gasteiger partial charge in [-0.25, -0.2) is 9.97 Å². The SMILES string of the molecule is CCc1ccc(C2C(=C(O)c3nc4c(C)cccn4c3C)C(=O)C(=O)N2CCCn2ccnc2)cc1. The first-order valence-electron chi connectivity index (χ1n) is 12.2. The van der Waals surface area contributed by atoms with Crippen molar-refractivity contribution < 1.29 is 14.7 Å². The van der Waals surface area contributed by atoms with Crippen molar-refractivity contribution in [1.29, 1.82) is 0 Å². The van der Waals surface area contributed by atoms with E-state index in [0.29, 0.717) is 36.5 Å². The molecule has 0 bridgehead atoms. The standard InChI is InChI=1S/C28H29N5O3/c1-4-20-8-10-21(11-9-20)24-22(25(34)23-19(3)32-14-5-7-18(2)27(32)30-23)26(35)28(36)33(24)15-6-13-31-16-12-29-17-31/h5,7-12,14,16-17,24,34H,4,6,13,15H2,1-3H3. The van der Waals surface area contributed by atoms with Crippen LogP contribution in [0.4, 0.5) is 0 Å². The second kappa shape index (κ2) is 9.45. The minimum absolute atomic E-state index is 0.0797. The lowest BCUT2D eigenvalue weighted by molar-refractivity contribution is -0.139. The van der Waals surface area contributed by atoms with Gasteiger partial charge in [-0.15, -0.1) is 0 Å². The molecule has 1 amide bonds. The van der Waals surface area contributed by atoms with E-state index in [2.05, 4.69) is 16.9 Å². The molecular weight excluding hydrogens is 454 g/mol. The number of nitrogens with zero attached hydrogens (tertiary/aromatic N) is 5. The summed E-state index contributed by atoms with van der Waals surface area (Å²) >= 11 is 0. The molecule has 0 saturated carbocycles. The van der Waals surface area contributed by atoms with Gasteiger partial charge >= 0.3 is 0 Å². The summed E-state index contributed by atoms with van der Waals surface area (Å²) in [4.78, 5) is 36.9. The zero-order valence-corrected chi connectivity index (χ0v) is 20.7. The molecule has 8 nitrogen and oxygen atoms in total. The lowest BCUT2D eigenvalue weighted by Crippen LogP contribution is -2.31. The molecule has 0 radical (unpaired) electrons. The molecule has 1 unspecified atom stereocenters. The van der Waals surface area contributed by atoms with E-state index < -0.39 is 17.7 Å². The Morgan fingerprint density at radius 2 is 1.83 bits per heavy atom. The molecule has 1 fully saturated rings. The third kappa shape index (κ3) is 3.98. The fraction of sp³-hybridized carbons (Fsp3) is 0.286. The maximum atomic E-state index is 13.4. The summed E-state index contributed by atoms with van der Waals surface area (Å²) in [5.74, 6) is -1.53. The van der Waals surface area contributed by atoms with Gasteiger partial charge in [-0.3, -0.25) is 9.59 Å². The number of carbonyl (C=O) groups excluding carboxylic acids is 2. The van der Waals surface area contributed by atoms with E-state index in [1.54, 1.807) is 17.4 Å². The Kier molecular flexibility index (Phi) is 6.18. The van der Waals surface area contributed by atoms with Crippen LogP contribution in [0.5, 0.6) is 0 Å². The van der Waals surface area contributed by atoms with Crippen molar-refractivity contribution in [2.75, 3.05) is 6.54 Å². The summed E-state index contributed by atoms with van der Waals surface area (Å²) < 4.78 is 3.82. The van der Waals surface area contributed by atoms with E-state index in [1.807, 2.05) is 71.6 Å². The van der Waals surface area contributed by atoms with Gasteiger partial charge in [0.2, 0.25) is 0 Å². The van der Waals surface area contributed by atoms with Crippen molar-refractivity contribution in [3.8, 4) is 0 Å². The van der Waals surface area contributed by atoms with Gasteiger partial charge in [0, 0.05) is 31.7 Å². The molecule has 1 aliphatic heterocycles. The van der Waals surface area contributed by atoms with Gasteiger partial charge in [0.05, 0.1) is 23.6 Å². The molecule has 1 aromatic carbocycles. The average Bonchev–Trinajstić information content (AvgIpc) is 3.59. The molecule has 0 aliphatic carbocycles. The summed E-state index contributed by atoms with van der Waals surface area (Å²) in [5.41, 5.74) is 4.70. The number of aromatic nitrogens is 4. The number of Topliss-reactive ketones (excluding diaryl/α,β-unsaturated/α-hetero) is 1. The smallest absolute Gasteiger partial charge is 0.295 e. The highest BCUT2D eigenvalue weighted by Gasteiger charge is 2.46. The van der Waals surface area contributed by atoms with Gasteiger partial charge in [-0.2, -0.15) is 0 Å². The highest BCUT2D eigenvalue weighted by molar-refractivity contribution is 6.46. The maximum Gasteiger partial charge on any atom is 0.295 e. The number of imidazole rings is 2. The Morgan fingerprint density at radius 3 is 2.50 bits per heavy atom. The van der Waals surface area contributed by atoms with Crippen LogP contribution in [0.25, 0.3) is 11.4 Å². The number of aliphatic hydroxyl groups is 1. The monoisotopic (exact) mass is 483 g/mol. The molecule has 5 rings (SSSR count). The van der Waals surface area contributed by atoms with Crippen LogP contribution in [0.2, 0.25) is 0 Å². The number of hydrogen-bond donors (Lipinski definition) is 1. The van der Waals surface area contributed by atoms with Crippen molar-refractivity contribution in [3.05, 3.63) is 95.0 Å². The Morgan fingerprint density at radius 1 is 1.06 bits per heavy atom. The molecule has 184 valence electrons. The fourth-order valence-corrected chi connectivity index (χ4v) is 4.91. The van der Waals surface area contributed by atoms with Gasteiger partial charge in [-0.1, -0.05) is 37.3 Å². The topological polar surface area (TPSA) is 92.7 Å². The molecular formula is C28H29N5O3. The van der Waals surface area contributed by atoms with E-state index in [1.165, 1.54) is 0 Å². The predicted octanol–water partition coefficient (Wildman–Crippen LogP) is 4.22. The van der Waals surface area contributed by atoms with Gasteiger partial charge in [-0.05, 0) is 49.4 Å². The number of likely N-dealkylation sites (tertiary alicyclic amines) is 1. The fourth-order valence-electron chi connectivity index (χ4n) is 4.91. The van der Waals surface area contributed by atoms with Crippen molar-refractivity contribution in [2.24, 2.45) is 0 Å². The van der Waals surface area contributed by atoms with Crippen LogP contribution >= 0.6 is 0 Å². The van der Waals surface area contributed by atoms with Gasteiger partial charge < -0.3 is 19.0 Å². The van der Waals surface area contributed by atoms with E-state index in [-0.39, 0.29) is 11.3 Å². The molecule has 1 saturated heterocycles. The zero-order valence-electron chi connectivity index (χ0n) is 20.7. The molecule has 36 heavy (non-hydrogen) atoms. The quantitative estimate of drug-likeness (QED) is 0.241. The number of carbonyl (C=O) groups is 2. The summed E-state index contributed by atoms with van der Waals surface area (Å²) in [6.07, 6.45) is 8.69. The zero-order chi connectivity index (χ0) is 25.4. The van der Waals surface area contributed by atoms with Gasteiger partial charge in [0.15, 0.2) is 5.76 Å². The van der Waals surface area contributed by atoms with Crippen molar-refractivity contribution in [3.63, 3.8) is 0 Å². The second-order valence-electron chi connectivity index (χ2n) is 9.17. The number of aryl methyl sites for hydroxylation is 4. The number of aliphatic hydroxyl groups excluding tert-OH is 1. The number of ketones is 1. The second-order valence-corrected chi connectivity index (χ2v) is 9.17. The van der Waals surface area contributed by atoms with Crippen LogP contribution in [0.15, 0.2) is 66.9 Å². The largest absolute Gasteiger partial charge is 0.505 e. The van der Waals surface area contributed by atoms with Crippen LogP contribution in [0, 0.1) is 13.8 Å². The molecule has 3 aromatic heterocycles. The number of pyridine rings is 1. The Balaban J connectivity index is 1.60. The Hall–Kier alpha value is -4.20. The van der Waals surface area contributed by atoms with Gasteiger partial charge in [0.1, 0.15) is 11.3 Å². The van der Waals surface area contributed by atoms with E-state index in [4.69, 9.17) is 0 Å². The van der Waals surface area contributed by atoms with Crippen LogP contribution in [-0.4, -0.2) is 47.2 Å². The predicted molar refractivity (Wildman–Crippen MR) is 136 cm³/mol. The summed E-state index contributed by atoms with van der Waals surface area (Å²) in [5, 5.41) is 11.5. The lowest BCUT2D eigenvalue weighted by atomic mass is 9.95. The summed E-state index contributed by atoms with van der Waals surface area (Å²) in [6.45, 7) is 6.89. The molecule has 0 spiro atoms.